The van der Waals surface area contributed by atoms with E-state index in [9.17, 15) is 9.18 Å². The van der Waals surface area contributed by atoms with E-state index in [0.29, 0.717) is 53.9 Å². The minimum absolute atomic E-state index is 0.0570. The van der Waals surface area contributed by atoms with Crippen molar-refractivity contribution >= 4 is 52.3 Å². The van der Waals surface area contributed by atoms with Crippen LogP contribution in [0.3, 0.4) is 0 Å². The van der Waals surface area contributed by atoms with Gasteiger partial charge in [-0.25, -0.2) is 18.7 Å². The van der Waals surface area contributed by atoms with E-state index in [4.69, 9.17) is 11.6 Å². The fraction of sp³-hybridized carbons (Fsp3) is 0.200. The zero-order valence-corrected chi connectivity index (χ0v) is 19.3. The molecule has 1 amide bonds. The largest absolute Gasteiger partial charge is 0.353 e. The highest BCUT2D eigenvalue weighted by atomic mass is 35.5. The van der Waals surface area contributed by atoms with Gasteiger partial charge in [-0.1, -0.05) is 42.4 Å². The topological polar surface area (TPSA) is 61.7 Å². The lowest BCUT2D eigenvalue weighted by Gasteiger charge is -2.35. The number of hydrogen-bond acceptors (Lipinski definition) is 5. The summed E-state index contributed by atoms with van der Waals surface area (Å²) >= 11 is 6.24. The number of hydrogen-bond donors (Lipinski definition) is 0. The van der Waals surface area contributed by atoms with E-state index < -0.39 is 11.6 Å². The molecule has 0 aliphatic carbocycles. The third kappa shape index (κ3) is 4.17. The summed E-state index contributed by atoms with van der Waals surface area (Å²) in [5.41, 5.74) is 0.793. The molecule has 1 aromatic heterocycles. The predicted molar refractivity (Wildman–Crippen MR) is 132 cm³/mol. The van der Waals surface area contributed by atoms with E-state index in [2.05, 4.69) is 28.3 Å². The van der Waals surface area contributed by atoms with Crippen molar-refractivity contribution in [2.75, 3.05) is 31.1 Å². The van der Waals surface area contributed by atoms with Crippen LogP contribution in [0.5, 0.6) is 0 Å². The van der Waals surface area contributed by atoms with Crippen LogP contribution in [0.1, 0.15) is 16.8 Å². The summed E-state index contributed by atoms with van der Waals surface area (Å²) in [7, 11) is 0. The number of carbonyl (C=O) groups excluding carboxylic acids is 1. The number of benzene rings is 2. The molecule has 3 aromatic rings. The fourth-order valence-electron chi connectivity index (χ4n) is 4.14. The molecular weight excluding hydrogens is 460 g/mol. The molecule has 1 aliphatic heterocycles. The highest BCUT2D eigenvalue weighted by Gasteiger charge is 2.25. The molecule has 0 bridgehead atoms. The van der Waals surface area contributed by atoms with Gasteiger partial charge in [0.15, 0.2) is 5.83 Å². The molecule has 0 spiro atoms. The van der Waals surface area contributed by atoms with Gasteiger partial charge >= 0.3 is 0 Å². The Balaban J connectivity index is 1.77. The summed E-state index contributed by atoms with van der Waals surface area (Å²) in [6, 6.07) is 7.92. The third-order valence-electron chi connectivity index (χ3n) is 5.89. The van der Waals surface area contributed by atoms with Crippen molar-refractivity contribution in [2.45, 2.75) is 6.92 Å². The lowest BCUT2D eigenvalue weighted by atomic mass is 10.00. The van der Waals surface area contributed by atoms with Crippen LogP contribution in [0.25, 0.3) is 22.3 Å². The quantitative estimate of drug-likeness (QED) is 0.377. The second kappa shape index (κ2) is 9.69. The number of carbonyl (C=O) groups is 1. The van der Waals surface area contributed by atoms with Crippen molar-refractivity contribution in [1.29, 1.82) is 0 Å². The van der Waals surface area contributed by atoms with Gasteiger partial charge in [0.05, 0.1) is 5.02 Å². The summed E-state index contributed by atoms with van der Waals surface area (Å²) in [6.07, 6.45) is 2.58. The normalized spacial score (nSPS) is 14.7. The van der Waals surface area contributed by atoms with Crippen molar-refractivity contribution in [1.82, 2.24) is 14.9 Å². The first-order valence-corrected chi connectivity index (χ1v) is 11.0. The van der Waals surface area contributed by atoms with Crippen LogP contribution in [0.2, 0.25) is 5.02 Å². The molecule has 4 rings (SSSR count). The van der Waals surface area contributed by atoms with E-state index in [1.807, 2.05) is 4.90 Å². The molecule has 34 heavy (non-hydrogen) atoms. The molecule has 0 atom stereocenters. The van der Waals surface area contributed by atoms with Crippen LogP contribution in [0.15, 0.2) is 54.3 Å². The SMILES string of the molecule is C=CC(=O)N1CCN(c2ncnc(/C(F)=C(\N=C)c3cccc4ccc(F)c(Cl)c34)c2C)CC1. The molecule has 174 valence electrons. The maximum Gasteiger partial charge on any atom is 0.246 e. The summed E-state index contributed by atoms with van der Waals surface area (Å²) < 4.78 is 30.1. The summed E-state index contributed by atoms with van der Waals surface area (Å²) in [6.45, 7) is 10.9. The van der Waals surface area contributed by atoms with Gasteiger partial charge < -0.3 is 9.80 Å². The summed E-state index contributed by atoms with van der Waals surface area (Å²) in [5, 5.41) is 0.871. The van der Waals surface area contributed by atoms with Crippen molar-refractivity contribution in [3.63, 3.8) is 0 Å². The van der Waals surface area contributed by atoms with Crippen molar-refractivity contribution in [3.8, 4) is 0 Å². The van der Waals surface area contributed by atoms with Gasteiger partial charge in [-0.2, -0.15) is 0 Å². The molecule has 1 fully saturated rings. The van der Waals surface area contributed by atoms with E-state index in [-0.39, 0.29) is 22.3 Å². The number of aromatic nitrogens is 2. The molecule has 0 N–H and O–H groups in total. The number of rotatable bonds is 5. The Morgan fingerprint density at radius 3 is 2.59 bits per heavy atom. The summed E-state index contributed by atoms with van der Waals surface area (Å²) in [5.74, 6) is -0.888. The second-order valence-corrected chi connectivity index (χ2v) is 8.15. The Morgan fingerprint density at radius 2 is 1.91 bits per heavy atom. The molecule has 9 heteroatoms. The Hall–Kier alpha value is -3.65. The minimum Gasteiger partial charge on any atom is -0.353 e. The number of aliphatic imine (C=N–C) groups is 1. The first-order chi connectivity index (χ1) is 16.4. The number of fused-ring (bicyclic) bond motifs is 1. The van der Waals surface area contributed by atoms with E-state index >= 15 is 4.39 Å². The average Bonchev–Trinajstić information content (AvgIpc) is 2.86. The van der Waals surface area contributed by atoms with E-state index in [1.54, 1.807) is 36.1 Å². The van der Waals surface area contributed by atoms with Gasteiger partial charge in [-0.15, -0.1) is 0 Å². The maximum absolute atomic E-state index is 15.9. The molecule has 0 saturated carbocycles. The third-order valence-corrected chi connectivity index (χ3v) is 6.26. The van der Waals surface area contributed by atoms with Crippen LogP contribution >= 0.6 is 11.6 Å². The number of amides is 1. The van der Waals surface area contributed by atoms with Crippen molar-refractivity contribution < 1.29 is 13.6 Å². The van der Waals surface area contributed by atoms with Crippen LogP contribution < -0.4 is 4.90 Å². The second-order valence-electron chi connectivity index (χ2n) is 7.77. The average molecular weight is 482 g/mol. The lowest BCUT2D eigenvalue weighted by Crippen LogP contribution is -2.48. The smallest absolute Gasteiger partial charge is 0.246 e. The van der Waals surface area contributed by atoms with Crippen LogP contribution in [0, 0.1) is 12.7 Å². The Morgan fingerprint density at radius 1 is 1.18 bits per heavy atom. The van der Waals surface area contributed by atoms with Gasteiger partial charge in [-0.3, -0.25) is 9.79 Å². The molecule has 1 aliphatic rings. The van der Waals surface area contributed by atoms with Gasteiger partial charge in [0, 0.05) is 42.7 Å². The summed E-state index contributed by atoms with van der Waals surface area (Å²) in [4.78, 5) is 28.0. The zero-order valence-electron chi connectivity index (χ0n) is 18.6. The van der Waals surface area contributed by atoms with Gasteiger partial charge in [0.1, 0.15) is 29.4 Å². The maximum atomic E-state index is 15.9. The van der Waals surface area contributed by atoms with Crippen molar-refractivity contribution in [3.05, 3.63) is 77.0 Å². The number of nitrogens with zero attached hydrogens (tertiary/aromatic N) is 5. The molecule has 2 heterocycles. The van der Waals surface area contributed by atoms with Gasteiger partial charge in [0.25, 0.3) is 0 Å². The van der Waals surface area contributed by atoms with Gasteiger partial charge in [-0.05, 0) is 31.2 Å². The highest BCUT2D eigenvalue weighted by Crippen LogP contribution is 2.38. The molecule has 0 radical (unpaired) electrons. The Bertz CT molecular complexity index is 1330. The lowest BCUT2D eigenvalue weighted by molar-refractivity contribution is -0.126. The van der Waals surface area contributed by atoms with Crippen LogP contribution in [-0.2, 0) is 4.79 Å². The number of anilines is 1. The highest BCUT2D eigenvalue weighted by molar-refractivity contribution is 6.36. The van der Waals surface area contributed by atoms with Crippen LogP contribution in [-0.4, -0.2) is 53.7 Å². The fourth-order valence-corrected chi connectivity index (χ4v) is 4.41. The molecule has 1 saturated heterocycles. The monoisotopic (exact) mass is 481 g/mol. The van der Waals surface area contributed by atoms with E-state index in [0.717, 1.165) is 0 Å². The first kappa shape index (κ1) is 23.5. The molecular formula is C25H22ClF2N5O. The number of piperazine rings is 1. The predicted octanol–water partition coefficient (Wildman–Crippen LogP) is 5.06. The number of halogens is 3. The van der Waals surface area contributed by atoms with Gasteiger partial charge in [0.2, 0.25) is 5.91 Å². The first-order valence-electron chi connectivity index (χ1n) is 10.6. The molecule has 6 nitrogen and oxygen atoms in total. The van der Waals surface area contributed by atoms with Crippen molar-refractivity contribution in [2.24, 2.45) is 4.99 Å². The van der Waals surface area contributed by atoms with E-state index in [1.165, 1.54) is 18.5 Å². The Kier molecular flexibility index (Phi) is 6.70. The standard InChI is InChI=1S/C25H22ClF2N5O/c1-4-19(34)32-10-12-33(13-11-32)25-15(2)23(30-14-31-25)22(28)24(29-3)17-7-5-6-16-8-9-18(27)21(26)20(16)17/h4-9,14H,1,3,10-13H2,2H3/b24-22+. The molecule has 2 aromatic carbocycles. The minimum atomic E-state index is -0.718. The molecule has 0 unspecified atom stereocenters. The zero-order chi connectivity index (χ0) is 24.4. The van der Waals surface area contributed by atoms with Crippen LogP contribution in [0.4, 0.5) is 14.6 Å². The Labute approximate surface area is 200 Å².